The number of sulfonamides is 1. The molecule has 9 heteroatoms. The molecular formula is C18H23ClN4O3S. The van der Waals surface area contributed by atoms with Crippen LogP contribution in [0.5, 0.6) is 0 Å². The highest BCUT2D eigenvalue weighted by Gasteiger charge is 2.31. The van der Waals surface area contributed by atoms with Gasteiger partial charge in [0.15, 0.2) is 0 Å². The SMILES string of the molecule is N#Cc1ccc(Cl)cc1S(=O)(=O)N1CCN(CC(=O)N2CCCCC2)CC1. The number of hydrogen-bond donors (Lipinski definition) is 0. The van der Waals surface area contributed by atoms with Crippen LogP contribution in [0.3, 0.4) is 0 Å². The summed E-state index contributed by atoms with van der Waals surface area (Å²) < 4.78 is 27.2. The summed E-state index contributed by atoms with van der Waals surface area (Å²) in [5.74, 6) is 0.118. The van der Waals surface area contributed by atoms with Gasteiger partial charge in [-0.25, -0.2) is 8.42 Å². The maximum atomic E-state index is 12.9. The molecule has 2 aliphatic rings. The number of nitrogens with zero attached hydrogens (tertiary/aromatic N) is 4. The second-order valence-electron chi connectivity index (χ2n) is 6.87. The Balaban J connectivity index is 1.62. The van der Waals surface area contributed by atoms with Gasteiger partial charge < -0.3 is 4.90 Å². The number of benzene rings is 1. The monoisotopic (exact) mass is 410 g/mol. The first-order valence-electron chi connectivity index (χ1n) is 9.12. The number of likely N-dealkylation sites (tertiary alicyclic amines) is 1. The number of carbonyl (C=O) groups is 1. The van der Waals surface area contributed by atoms with E-state index in [9.17, 15) is 18.5 Å². The molecule has 146 valence electrons. The molecule has 0 atom stereocenters. The summed E-state index contributed by atoms with van der Waals surface area (Å²) in [5, 5.41) is 9.49. The predicted molar refractivity (Wildman–Crippen MR) is 102 cm³/mol. The highest BCUT2D eigenvalue weighted by Crippen LogP contribution is 2.24. The van der Waals surface area contributed by atoms with Crippen LogP contribution in [-0.2, 0) is 14.8 Å². The number of rotatable bonds is 4. The third-order valence-corrected chi connectivity index (χ3v) is 7.25. The van der Waals surface area contributed by atoms with Crippen LogP contribution >= 0.6 is 11.6 Å². The van der Waals surface area contributed by atoms with Crippen LogP contribution in [0.15, 0.2) is 23.1 Å². The van der Waals surface area contributed by atoms with Crippen molar-refractivity contribution >= 4 is 27.5 Å². The number of piperazine rings is 1. The average molecular weight is 411 g/mol. The van der Waals surface area contributed by atoms with Gasteiger partial charge in [0.2, 0.25) is 15.9 Å². The Bertz CT molecular complexity index is 839. The second kappa shape index (κ2) is 8.57. The molecule has 0 bridgehead atoms. The van der Waals surface area contributed by atoms with E-state index >= 15 is 0 Å². The molecule has 0 aliphatic carbocycles. The lowest BCUT2D eigenvalue weighted by molar-refractivity contribution is -0.133. The first kappa shape index (κ1) is 20.1. The molecule has 2 heterocycles. The van der Waals surface area contributed by atoms with Crippen molar-refractivity contribution in [1.29, 1.82) is 5.26 Å². The molecule has 2 aliphatic heterocycles. The lowest BCUT2D eigenvalue weighted by Crippen LogP contribution is -2.52. The van der Waals surface area contributed by atoms with Gasteiger partial charge >= 0.3 is 0 Å². The molecule has 0 aromatic heterocycles. The molecule has 3 rings (SSSR count). The molecule has 0 saturated carbocycles. The molecule has 0 N–H and O–H groups in total. The molecule has 1 amide bonds. The number of carbonyl (C=O) groups excluding carboxylic acids is 1. The Kier molecular flexibility index (Phi) is 6.37. The minimum absolute atomic E-state index is 0.0599. The molecule has 0 radical (unpaired) electrons. The van der Waals surface area contributed by atoms with Gasteiger partial charge in [0.25, 0.3) is 0 Å². The summed E-state index contributed by atoms with van der Waals surface area (Å²) in [6.45, 7) is 3.51. The van der Waals surface area contributed by atoms with Crippen molar-refractivity contribution in [2.24, 2.45) is 0 Å². The third kappa shape index (κ3) is 4.61. The van der Waals surface area contributed by atoms with Crippen LogP contribution in [0, 0.1) is 11.3 Å². The topological polar surface area (TPSA) is 84.7 Å². The van der Waals surface area contributed by atoms with Crippen LogP contribution in [-0.4, -0.2) is 74.2 Å². The minimum atomic E-state index is -3.80. The fourth-order valence-corrected chi connectivity index (χ4v) is 5.33. The zero-order chi connectivity index (χ0) is 19.4. The Morgan fingerprint density at radius 3 is 2.37 bits per heavy atom. The van der Waals surface area contributed by atoms with Gasteiger partial charge in [-0.15, -0.1) is 0 Å². The molecular weight excluding hydrogens is 388 g/mol. The van der Waals surface area contributed by atoms with Gasteiger partial charge in [0.1, 0.15) is 11.0 Å². The summed E-state index contributed by atoms with van der Waals surface area (Å²) in [7, 11) is -3.80. The molecule has 0 unspecified atom stereocenters. The van der Waals surface area contributed by atoms with Crippen molar-refractivity contribution < 1.29 is 13.2 Å². The average Bonchev–Trinajstić information content (AvgIpc) is 2.69. The van der Waals surface area contributed by atoms with Crippen molar-refractivity contribution in [3.8, 4) is 6.07 Å². The Morgan fingerprint density at radius 1 is 1.07 bits per heavy atom. The lowest BCUT2D eigenvalue weighted by Gasteiger charge is -2.35. The summed E-state index contributed by atoms with van der Waals surface area (Å²) in [4.78, 5) is 16.2. The van der Waals surface area contributed by atoms with Gasteiger partial charge in [0.05, 0.1) is 12.1 Å². The van der Waals surface area contributed by atoms with E-state index in [1.165, 1.54) is 28.9 Å². The Hall–Kier alpha value is -1.66. The van der Waals surface area contributed by atoms with Crippen molar-refractivity contribution in [1.82, 2.24) is 14.1 Å². The predicted octanol–water partition coefficient (Wildman–Crippen LogP) is 1.53. The van der Waals surface area contributed by atoms with Crippen LogP contribution in [0.4, 0.5) is 0 Å². The highest BCUT2D eigenvalue weighted by atomic mass is 35.5. The van der Waals surface area contributed by atoms with E-state index in [0.717, 1.165) is 25.9 Å². The van der Waals surface area contributed by atoms with Crippen molar-refractivity contribution in [3.05, 3.63) is 28.8 Å². The number of hydrogen-bond acceptors (Lipinski definition) is 5. The Labute approximate surface area is 165 Å². The number of piperidine rings is 1. The summed E-state index contributed by atoms with van der Waals surface area (Å²) in [6, 6.07) is 6.16. The Morgan fingerprint density at radius 2 is 1.74 bits per heavy atom. The highest BCUT2D eigenvalue weighted by molar-refractivity contribution is 7.89. The van der Waals surface area contributed by atoms with Crippen molar-refractivity contribution in [3.63, 3.8) is 0 Å². The third-order valence-electron chi connectivity index (χ3n) is 5.08. The van der Waals surface area contributed by atoms with Crippen LogP contribution < -0.4 is 0 Å². The van der Waals surface area contributed by atoms with Crippen molar-refractivity contribution in [2.45, 2.75) is 24.2 Å². The smallest absolute Gasteiger partial charge is 0.244 e. The van der Waals surface area contributed by atoms with E-state index in [1.807, 2.05) is 15.9 Å². The van der Waals surface area contributed by atoms with Crippen LogP contribution in [0.2, 0.25) is 5.02 Å². The quantitative estimate of drug-likeness (QED) is 0.751. The van der Waals surface area contributed by atoms with E-state index in [-0.39, 0.29) is 34.5 Å². The summed E-state index contributed by atoms with van der Waals surface area (Å²) in [6.07, 6.45) is 3.28. The molecule has 7 nitrogen and oxygen atoms in total. The van der Waals surface area contributed by atoms with E-state index in [4.69, 9.17) is 11.6 Å². The first-order valence-corrected chi connectivity index (χ1v) is 10.9. The number of nitriles is 1. The molecule has 1 aromatic carbocycles. The maximum Gasteiger partial charge on any atom is 0.244 e. The summed E-state index contributed by atoms with van der Waals surface area (Å²) >= 11 is 5.93. The fourth-order valence-electron chi connectivity index (χ4n) is 3.50. The second-order valence-corrected chi connectivity index (χ2v) is 9.22. The molecule has 1 aromatic rings. The normalized spacial score (nSPS) is 19.6. The van der Waals surface area contributed by atoms with Gasteiger partial charge in [0, 0.05) is 44.3 Å². The van der Waals surface area contributed by atoms with Gasteiger partial charge in [-0.05, 0) is 37.5 Å². The molecule has 2 fully saturated rings. The minimum Gasteiger partial charge on any atom is -0.342 e. The van der Waals surface area contributed by atoms with E-state index in [0.29, 0.717) is 19.6 Å². The van der Waals surface area contributed by atoms with E-state index in [2.05, 4.69) is 0 Å². The van der Waals surface area contributed by atoms with E-state index in [1.54, 1.807) is 0 Å². The largest absolute Gasteiger partial charge is 0.342 e. The lowest BCUT2D eigenvalue weighted by atomic mass is 10.1. The summed E-state index contributed by atoms with van der Waals surface area (Å²) in [5.41, 5.74) is 0.0853. The van der Waals surface area contributed by atoms with Crippen molar-refractivity contribution in [2.75, 3.05) is 45.8 Å². The van der Waals surface area contributed by atoms with Gasteiger partial charge in [-0.3, -0.25) is 9.69 Å². The molecule has 0 spiro atoms. The zero-order valence-electron chi connectivity index (χ0n) is 15.1. The van der Waals surface area contributed by atoms with Crippen LogP contribution in [0.1, 0.15) is 24.8 Å². The van der Waals surface area contributed by atoms with Gasteiger partial charge in [-0.1, -0.05) is 11.6 Å². The van der Waals surface area contributed by atoms with Gasteiger partial charge in [-0.2, -0.15) is 9.57 Å². The number of amides is 1. The zero-order valence-corrected chi connectivity index (χ0v) is 16.7. The number of halogens is 1. The van der Waals surface area contributed by atoms with Crippen LogP contribution in [0.25, 0.3) is 0 Å². The maximum absolute atomic E-state index is 12.9. The molecule has 2 saturated heterocycles. The molecule has 27 heavy (non-hydrogen) atoms. The first-order chi connectivity index (χ1) is 12.9. The van der Waals surface area contributed by atoms with E-state index < -0.39 is 10.0 Å². The standard InChI is InChI=1S/C18H23ClN4O3S/c19-16-5-4-15(13-20)17(12-16)27(25,26)23-10-8-21(9-11-23)14-18(24)22-6-2-1-3-7-22/h4-5,12H,1-3,6-11,14H2. The fraction of sp³-hybridized carbons (Fsp3) is 0.556.